The number of nitrogens with one attached hydrogen (secondary N) is 2. The predicted octanol–water partition coefficient (Wildman–Crippen LogP) is -0.152. The van der Waals surface area contributed by atoms with Gasteiger partial charge in [-0.2, -0.15) is 0 Å². The van der Waals surface area contributed by atoms with Crippen molar-refractivity contribution in [2.75, 3.05) is 13.1 Å². The third-order valence-corrected chi connectivity index (χ3v) is 1.40. The highest BCUT2D eigenvalue weighted by atomic mass is 15.0. The van der Waals surface area contributed by atoms with Crippen LogP contribution in [0.1, 0.15) is 12.2 Å². The van der Waals surface area contributed by atoms with Gasteiger partial charge in [-0.05, 0) is 19.5 Å². The van der Waals surface area contributed by atoms with E-state index in [-0.39, 0.29) is 0 Å². The maximum absolute atomic E-state index is 5.32. The summed E-state index contributed by atoms with van der Waals surface area (Å²) in [5, 5.41) is 3.21. The van der Waals surface area contributed by atoms with E-state index in [0.717, 1.165) is 31.9 Å². The molecule has 1 heterocycles. The zero-order chi connectivity index (χ0) is 7.94. The van der Waals surface area contributed by atoms with E-state index in [4.69, 9.17) is 5.73 Å². The zero-order valence-corrected chi connectivity index (χ0v) is 6.51. The van der Waals surface area contributed by atoms with Crippen LogP contribution in [0.5, 0.6) is 0 Å². The molecule has 0 atom stereocenters. The number of hydrogen-bond acceptors (Lipinski definition) is 3. The first-order valence-electron chi connectivity index (χ1n) is 3.82. The average Bonchev–Trinajstić information content (AvgIpc) is 2.50. The molecule has 62 valence electrons. The van der Waals surface area contributed by atoms with Crippen molar-refractivity contribution in [3.8, 4) is 0 Å². The maximum atomic E-state index is 5.32. The number of H-pyrrole nitrogens is 1. The SMILES string of the molecule is NCCCNCc1ncc[nH]1. The molecular formula is C7H14N4. The zero-order valence-electron chi connectivity index (χ0n) is 6.51. The van der Waals surface area contributed by atoms with Gasteiger partial charge in [0.05, 0.1) is 6.54 Å². The Morgan fingerprint density at radius 2 is 2.55 bits per heavy atom. The lowest BCUT2D eigenvalue weighted by molar-refractivity contribution is 0.638. The molecule has 0 saturated heterocycles. The highest BCUT2D eigenvalue weighted by molar-refractivity contribution is 4.85. The van der Waals surface area contributed by atoms with Crippen molar-refractivity contribution < 1.29 is 0 Å². The number of imidazole rings is 1. The topological polar surface area (TPSA) is 66.7 Å². The van der Waals surface area contributed by atoms with Crippen molar-refractivity contribution in [3.63, 3.8) is 0 Å². The van der Waals surface area contributed by atoms with E-state index in [1.165, 1.54) is 0 Å². The first-order chi connectivity index (χ1) is 5.43. The van der Waals surface area contributed by atoms with Gasteiger partial charge in [-0.25, -0.2) is 4.98 Å². The van der Waals surface area contributed by atoms with E-state index in [1.807, 2.05) is 6.20 Å². The highest BCUT2D eigenvalue weighted by Gasteiger charge is 1.91. The Morgan fingerprint density at radius 3 is 3.18 bits per heavy atom. The fraction of sp³-hybridized carbons (Fsp3) is 0.571. The molecule has 0 fully saturated rings. The van der Waals surface area contributed by atoms with Crippen LogP contribution in [0, 0.1) is 0 Å². The normalized spacial score (nSPS) is 10.3. The van der Waals surface area contributed by atoms with Gasteiger partial charge in [-0.15, -0.1) is 0 Å². The Morgan fingerprint density at radius 1 is 1.64 bits per heavy atom. The summed E-state index contributed by atoms with van der Waals surface area (Å²) >= 11 is 0. The maximum Gasteiger partial charge on any atom is 0.120 e. The molecule has 1 aromatic rings. The lowest BCUT2D eigenvalue weighted by Crippen LogP contribution is -2.18. The fourth-order valence-corrected chi connectivity index (χ4v) is 0.828. The minimum atomic E-state index is 0.741. The van der Waals surface area contributed by atoms with Crippen LogP contribution in [0.4, 0.5) is 0 Å². The van der Waals surface area contributed by atoms with Gasteiger partial charge in [-0.3, -0.25) is 0 Å². The van der Waals surface area contributed by atoms with Crippen molar-refractivity contribution >= 4 is 0 Å². The molecule has 0 bridgehead atoms. The smallest absolute Gasteiger partial charge is 0.120 e. The standard InChI is InChI=1S/C7H14N4/c8-2-1-3-9-6-7-10-4-5-11-7/h4-5,9H,1-3,6,8H2,(H,10,11). The van der Waals surface area contributed by atoms with Crippen LogP contribution >= 0.6 is 0 Å². The highest BCUT2D eigenvalue weighted by Crippen LogP contribution is 1.85. The molecule has 11 heavy (non-hydrogen) atoms. The Labute approximate surface area is 66.2 Å². The van der Waals surface area contributed by atoms with Gasteiger partial charge in [0.1, 0.15) is 5.82 Å². The minimum absolute atomic E-state index is 0.741. The van der Waals surface area contributed by atoms with Gasteiger partial charge >= 0.3 is 0 Å². The second-order valence-corrected chi connectivity index (χ2v) is 2.35. The summed E-state index contributed by atoms with van der Waals surface area (Å²) in [5.41, 5.74) is 5.32. The number of rotatable bonds is 5. The summed E-state index contributed by atoms with van der Waals surface area (Å²) in [7, 11) is 0. The number of aromatic amines is 1. The van der Waals surface area contributed by atoms with Crippen LogP contribution in [0.15, 0.2) is 12.4 Å². The molecule has 0 saturated carbocycles. The molecule has 0 aromatic carbocycles. The molecule has 4 heteroatoms. The Kier molecular flexibility index (Phi) is 3.64. The van der Waals surface area contributed by atoms with Crippen molar-refractivity contribution in [1.29, 1.82) is 0 Å². The molecule has 0 unspecified atom stereocenters. The number of nitrogens with two attached hydrogens (primary N) is 1. The van der Waals surface area contributed by atoms with E-state index in [9.17, 15) is 0 Å². The van der Waals surface area contributed by atoms with Gasteiger partial charge < -0.3 is 16.0 Å². The van der Waals surface area contributed by atoms with Crippen molar-refractivity contribution in [3.05, 3.63) is 18.2 Å². The van der Waals surface area contributed by atoms with Crippen LogP contribution in [-0.2, 0) is 6.54 Å². The van der Waals surface area contributed by atoms with Crippen molar-refractivity contribution in [2.45, 2.75) is 13.0 Å². The summed E-state index contributed by atoms with van der Waals surface area (Å²) in [4.78, 5) is 7.07. The second-order valence-electron chi connectivity index (χ2n) is 2.35. The first-order valence-corrected chi connectivity index (χ1v) is 3.82. The van der Waals surface area contributed by atoms with Crippen LogP contribution < -0.4 is 11.1 Å². The predicted molar refractivity (Wildman–Crippen MR) is 44.0 cm³/mol. The van der Waals surface area contributed by atoms with E-state index in [1.54, 1.807) is 6.20 Å². The Hall–Kier alpha value is -0.870. The van der Waals surface area contributed by atoms with E-state index in [0.29, 0.717) is 0 Å². The monoisotopic (exact) mass is 154 g/mol. The Bertz CT molecular complexity index is 171. The largest absolute Gasteiger partial charge is 0.348 e. The van der Waals surface area contributed by atoms with Crippen molar-refractivity contribution in [2.24, 2.45) is 5.73 Å². The van der Waals surface area contributed by atoms with Crippen LogP contribution in [0.25, 0.3) is 0 Å². The fourth-order valence-electron chi connectivity index (χ4n) is 0.828. The number of aromatic nitrogens is 2. The van der Waals surface area contributed by atoms with Gasteiger partial charge in [0.15, 0.2) is 0 Å². The first kappa shape index (κ1) is 8.23. The molecule has 0 aliphatic heterocycles. The van der Waals surface area contributed by atoms with Crippen LogP contribution in [0.2, 0.25) is 0 Å². The minimum Gasteiger partial charge on any atom is -0.348 e. The van der Waals surface area contributed by atoms with Gasteiger partial charge in [0.2, 0.25) is 0 Å². The summed E-state index contributed by atoms with van der Waals surface area (Å²) in [6.07, 6.45) is 4.58. The molecule has 4 N–H and O–H groups in total. The lowest BCUT2D eigenvalue weighted by atomic mass is 10.4. The van der Waals surface area contributed by atoms with E-state index < -0.39 is 0 Å². The molecule has 1 aromatic heterocycles. The summed E-state index contributed by atoms with van der Waals surface area (Å²) < 4.78 is 0. The molecule has 0 aliphatic carbocycles. The molecule has 0 spiro atoms. The second kappa shape index (κ2) is 4.87. The van der Waals surface area contributed by atoms with Crippen molar-refractivity contribution in [1.82, 2.24) is 15.3 Å². The molecule has 0 aliphatic rings. The van der Waals surface area contributed by atoms with Crippen LogP contribution in [0.3, 0.4) is 0 Å². The number of hydrogen-bond donors (Lipinski definition) is 3. The molecular weight excluding hydrogens is 140 g/mol. The van der Waals surface area contributed by atoms with Crippen LogP contribution in [-0.4, -0.2) is 23.1 Å². The third-order valence-electron chi connectivity index (χ3n) is 1.40. The average molecular weight is 154 g/mol. The Balaban J connectivity index is 2.04. The summed E-state index contributed by atoms with van der Waals surface area (Å²) in [5.74, 6) is 0.974. The van der Waals surface area contributed by atoms with E-state index in [2.05, 4.69) is 15.3 Å². The quantitative estimate of drug-likeness (QED) is 0.517. The summed E-state index contributed by atoms with van der Waals surface area (Å²) in [6, 6.07) is 0. The van der Waals surface area contributed by atoms with E-state index >= 15 is 0 Å². The molecule has 1 rings (SSSR count). The van der Waals surface area contributed by atoms with Gasteiger partial charge in [0, 0.05) is 12.4 Å². The molecule has 0 radical (unpaired) electrons. The van der Waals surface area contributed by atoms with Gasteiger partial charge in [-0.1, -0.05) is 0 Å². The molecule has 4 nitrogen and oxygen atoms in total. The summed E-state index contributed by atoms with van der Waals surface area (Å²) in [6.45, 7) is 2.50. The molecule has 0 amide bonds. The lowest BCUT2D eigenvalue weighted by Gasteiger charge is -1.99. The third kappa shape index (κ3) is 3.15. The van der Waals surface area contributed by atoms with Gasteiger partial charge in [0.25, 0.3) is 0 Å². The number of nitrogens with zero attached hydrogens (tertiary/aromatic N) is 1.